The van der Waals surface area contributed by atoms with Gasteiger partial charge in [-0.05, 0) is 23.7 Å². The van der Waals surface area contributed by atoms with Gasteiger partial charge >= 0.3 is 6.09 Å². The van der Waals surface area contributed by atoms with Crippen molar-refractivity contribution in [2.24, 2.45) is 0 Å². The summed E-state index contributed by atoms with van der Waals surface area (Å²) in [6.45, 7) is 11.9. The minimum Gasteiger partial charge on any atom is -0.445 e. The second kappa shape index (κ2) is 9.19. The SMILES string of the molecule is CC(C)(C)[Si](C)(C)OC[C@H](NC(=O)OCc1ccccc1)[C@H](O)CC1CO1. The lowest BCUT2D eigenvalue weighted by molar-refractivity contribution is 0.0690. The Morgan fingerprint density at radius 1 is 1.33 bits per heavy atom. The molecule has 3 atom stereocenters. The van der Waals surface area contributed by atoms with Crippen LogP contribution in [0.2, 0.25) is 18.1 Å². The van der Waals surface area contributed by atoms with Crippen molar-refractivity contribution >= 4 is 14.4 Å². The molecule has 0 saturated carbocycles. The van der Waals surface area contributed by atoms with E-state index in [4.69, 9.17) is 13.9 Å². The van der Waals surface area contributed by atoms with Gasteiger partial charge in [0.1, 0.15) is 6.61 Å². The van der Waals surface area contributed by atoms with E-state index in [1.165, 1.54) is 0 Å². The maximum Gasteiger partial charge on any atom is 0.407 e. The molecule has 0 spiro atoms. The number of aliphatic hydroxyl groups is 1. The number of hydrogen-bond acceptors (Lipinski definition) is 5. The van der Waals surface area contributed by atoms with Gasteiger partial charge in [0.15, 0.2) is 8.32 Å². The van der Waals surface area contributed by atoms with E-state index in [2.05, 4.69) is 39.2 Å². The van der Waals surface area contributed by atoms with Crippen LogP contribution >= 0.6 is 0 Å². The van der Waals surface area contributed by atoms with Gasteiger partial charge in [0.2, 0.25) is 0 Å². The van der Waals surface area contributed by atoms with Crippen molar-refractivity contribution in [3.05, 3.63) is 35.9 Å². The molecule has 1 unspecified atom stereocenters. The standard InChI is InChI=1S/C20H33NO5Si/c1-20(2,3)27(4,5)26-14-17(18(22)11-16-13-24-16)21-19(23)25-12-15-9-7-6-8-10-15/h6-10,16-18,22H,11-14H2,1-5H3,(H,21,23)/t16?,17-,18+/m0/s1. The molecule has 0 aromatic heterocycles. The molecule has 27 heavy (non-hydrogen) atoms. The molecule has 7 heteroatoms. The lowest BCUT2D eigenvalue weighted by Gasteiger charge is -2.38. The number of hydrogen-bond donors (Lipinski definition) is 2. The van der Waals surface area contributed by atoms with Crippen molar-refractivity contribution in [3.63, 3.8) is 0 Å². The lowest BCUT2D eigenvalue weighted by Crippen LogP contribution is -2.51. The zero-order valence-electron chi connectivity index (χ0n) is 17.0. The molecule has 1 amide bonds. The van der Waals surface area contributed by atoms with Crippen molar-refractivity contribution in [2.75, 3.05) is 13.2 Å². The number of benzene rings is 1. The van der Waals surface area contributed by atoms with Crippen LogP contribution in [-0.2, 0) is 20.5 Å². The maximum absolute atomic E-state index is 12.2. The van der Waals surface area contributed by atoms with Crippen LogP contribution in [0.1, 0.15) is 32.8 Å². The highest BCUT2D eigenvalue weighted by atomic mass is 28.4. The molecule has 1 aliphatic heterocycles. The van der Waals surface area contributed by atoms with Crippen LogP contribution in [0.25, 0.3) is 0 Å². The average Bonchev–Trinajstić information content (AvgIpc) is 3.40. The summed E-state index contributed by atoms with van der Waals surface area (Å²) in [6, 6.07) is 8.95. The first-order chi connectivity index (χ1) is 12.6. The molecule has 1 aromatic carbocycles. The van der Waals surface area contributed by atoms with E-state index >= 15 is 0 Å². The Hall–Kier alpha value is -1.41. The third-order valence-corrected chi connectivity index (χ3v) is 9.82. The molecule has 2 N–H and O–H groups in total. The maximum atomic E-state index is 12.2. The first-order valence-corrected chi connectivity index (χ1v) is 12.4. The number of nitrogens with one attached hydrogen (secondary N) is 1. The van der Waals surface area contributed by atoms with Crippen LogP contribution in [0.15, 0.2) is 30.3 Å². The van der Waals surface area contributed by atoms with Crippen LogP contribution in [0.5, 0.6) is 0 Å². The molecule has 6 nitrogen and oxygen atoms in total. The second-order valence-corrected chi connectivity index (χ2v) is 13.5. The summed E-state index contributed by atoms with van der Waals surface area (Å²) in [5, 5.41) is 13.4. The number of alkyl carbamates (subject to hydrolysis) is 1. The number of epoxide rings is 1. The van der Waals surface area contributed by atoms with Gasteiger partial charge in [-0.3, -0.25) is 0 Å². The molecule has 152 valence electrons. The first kappa shape index (κ1) is 21.9. The quantitative estimate of drug-likeness (QED) is 0.494. The minimum absolute atomic E-state index is 0.0515. The van der Waals surface area contributed by atoms with Crippen LogP contribution in [-0.4, -0.2) is 51.0 Å². The minimum atomic E-state index is -1.99. The highest BCUT2D eigenvalue weighted by molar-refractivity contribution is 6.74. The summed E-state index contributed by atoms with van der Waals surface area (Å²) >= 11 is 0. The fourth-order valence-electron chi connectivity index (χ4n) is 2.32. The van der Waals surface area contributed by atoms with Crippen molar-refractivity contribution in [3.8, 4) is 0 Å². The highest BCUT2D eigenvalue weighted by Crippen LogP contribution is 2.36. The van der Waals surface area contributed by atoms with E-state index < -0.39 is 26.6 Å². The number of carbonyl (C=O) groups excluding carboxylic acids is 1. The molecular weight excluding hydrogens is 362 g/mol. The number of aliphatic hydroxyl groups excluding tert-OH is 1. The predicted molar refractivity (Wildman–Crippen MR) is 107 cm³/mol. The molecule has 1 heterocycles. The summed E-state index contributed by atoms with van der Waals surface area (Å²) in [4.78, 5) is 12.2. The van der Waals surface area contributed by atoms with E-state index in [0.29, 0.717) is 13.0 Å². The molecule has 2 rings (SSSR count). The number of amides is 1. The van der Waals surface area contributed by atoms with Crippen LogP contribution in [0.3, 0.4) is 0 Å². The third-order valence-electron chi connectivity index (χ3n) is 5.32. The van der Waals surface area contributed by atoms with Crippen molar-refractivity contribution < 1.29 is 23.8 Å². The van der Waals surface area contributed by atoms with Crippen molar-refractivity contribution in [1.29, 1.82) is 0 Å². The Bertz CT molecular complexity index is 598. The Labute approximate surface area is 163 Å². The first-order valence-electron chi connectivity index (χ1n) is 9.49. The summed E-state index contributed by atoms with van der Waals surface area (Å²) < 4.78 is 16.7. The fraction of sp³-hybridized carbons (Fsp3) is 0.650. The van der Waals surface area contributed by atoms with Crippen LogP contribution in [0, 0.1) is 0 Å². The largest absolute Gasteiger partial charge is 0.445 e. The predicted octanol–water partition coefficient (Wildman–Crippen LogP) is 3.45. The van der Waals surface area contributed by atoms with Crippen molar-refractivity contribution in [1.82, 2.24) is 5.32 Å². The zero-order chi connectivity index (χ0) is 20.1. The van der Waals surface area contributed by atoms with Gasteiger partial charge < -0.3 is 24.3 Å². The van der Waals surface area contributed by atoms with E-state index in [9.17, 15) is 9.90 Å². The average molecular weight is 396 g/mol. The van der Waals surface area contributed by atoms with Crippen molar-refractivity contribution in [2.45, 2.75) is 70.2 Å². The molecule has 1 fully saturated rings. The normalized spacial score (nSPS) is 19.3. The summed E-state index contributed by atoms with van der Waals surface area (Å²) in [5.74, 6) is 0. The van der Waals surface area contributed by atoms with E-state index in [-0.39, 0.29) is 24.4 Å². The Balaban J connectivity index is 1.91. The van der Waals surface area contributed by atoms with Crippen LogP contribution < -0.4 is 5.32 Å². The van der Waals surface area contributed by atoms with E-state index in [0.717, 1.165) is 5.56 Å². The summed E-state index contributed by atoms with van der Waals surface area (Å²) in [6.07, 6.45) is -0.757. The lowest BCUT2D eigenvalue weighted by atomic mass is 10.1. The molecule has 1 aromatic rings. The molecule has 0 bridgehead atoms. The third kappa shape index (κ3) is 7.25. The molecular formula is C20H33NO5Si. The van der Waals surface area contributed by atoms with E-state index in [1.807, 2.05) is 30.3 Å². The molecule has 0 aliphatic carbocycles. The van der Waals surface area contributed by atoms with Gasteiger partial charge in [0.25, 0.3) is 0 Å². The topological polar surface area (TPSA) is 80.3 Å². The number of rotatable bonds is 9. The smallest absolute Gasteiger partial charge is 0.407 e. The monoisotopic (exact) mass is 395 g/mol. The molecule has 0 radical (unpaired) electrons. The highest BCUT2D eigenvalue weighted by Gasteiger charge is 2.39. The zero-order valence-corrected chi connectivity index (χ0v) is 18.0. The summed E-state index contributed by atoms with van der Waals surface area (Å²) in [7, 11) is -1.99. The van der Waals surface area contributed by atoms with Crippen LogP contribution in [0.4, 0.5) is 4.79 Å². The molecule has 1 aliphatic rings. The van der Waals surface area contributed by atoms with E-state index in [1.54, 1.807) is 0 Å². The second-order valence-electron chi connectivity index (χ2n) is 8.64. The van der Waals surface area contributed by atoms with Gasteiger partial charge in [-0.1, -0.05) is 51.1 Å². The molecule has 1 saturated heterocycles. The summed E-state index contributed by atoms with van der Waals surface area (Å²) in [5.41, 5.74) is 0.911. The fourth-order valence-corrected chi connectivity index (χ4v) is 3.35. The Kier molecular flexibility index (Phi) is 7.45. The van der Waals surface area contributed by atoms with Gasteiger partial charge in [-0.25, -0.2) is 4.79 Å². The number of carbonyl (C=O) groups is 1. The Morgan fingerprint density at radius 3 is 2.52 bits per heavy atom. The number of ether oxygens (including phenoxy) is 2. The van der Waals surface area contributed by atoms with Gasteiger partial charge in [0.05, 0.1) is 31.5 Å². The van der Waals surface area contributed by atoms with Gasteiger partial charge in [0, 0.05) is 6.42 Å². The van der Waals surface area contributed by atoms with Gasteiger partial charge in [-0.2, -0.15) is 0 Å². The Morgan fingerprint density at radius 2 is 1.96 bits per heavy atom. The van der Waals surface area contributed by atoms with Gasteiger partial charge in [-0.15, -0.1) is 0 Å².